The first kappa shape index (κ1) is 20.7. The molecular formula is C21H30N4O2S. The minimum absolute atomic E-state index is 0.197. The predicted octanol–water partition coefficient (Wildman–Crippen LogP) is 4.66. The fourth-order valence-corrected chi connectivity index (χ4v) is 4.15. The van der Waals surface area contributed by atoms with Crippen LogP contribution in [0.4, 0.5) is 0 Å². The molecule has 1 N–H and O–H groups in total. The second-order valence-electron chi connectivity index (χ2n) is 7.12. The van der Waals surface area contributed by atoms with E-state index < -0.39 is 0 Å². The van der Waals surface area contributed by atoms with Gasteiger partial charge in [-0.25, -0.2) is 0 Å². The highest BCUT2D eigenvalue weighted by atomic mass is 32.2. The predicted molar refractivity (Wildman–Crippen MR) is 114 cm³/mol. The van der Waals surface area contributed by atoms with Crippen molar-refractivity contribution < 1.29 is 9.84 Å². The molecule has 1 heterocycles. The van der Waals surface area contributed by atoms with Crippen molar-refractivity contribution in [1.29, 1.82) is 0 Å². The van der Waals surface area contributed by atoms with Crippen LogP contribution in [0.3, 0.4) is 0 Å². The van der Waals surface area contributed by atoms with E-state index in [1.54, 1.807) is 24.0 Å². The maximum Gasteiger partial charge on any atom is 0.191 e. The van der Waals surface area contributed by atoms with E-state index in [0.29, 0.717) is 30.5 Å². The maximum atomic E-state index is 10.1. The number of aromatic nitrogens is 3. The summed E-state index contributed by atoms with van der Waals surface area (Å²) in [5, 5.41) is 19.9. The normalized spacial score (nSPS) is 14.9. The zero-order valence-corrected chi connectivity index (χ0v) is 17.6. The zero-order valence-electron chi connectivity index (χ0n) is 16.8. The van der Waals surface area contributed by atoms with E-state index in [4.69, 9.17) is 4.74 Å². The highest BCUT2D eigenvalue weighted by molar-refractivity contribution is 7.98. The monoisotopic (exact) mass is 402 g/mol. The summed E-state index contributed by atoms with van der Waals surface area (Å²) >= 11 is 1.67. The average molecular weight is 403 g/mol. The quantitative estimate of drug-likeness (QED) is 0.355. The largest absolute Gasteiger partial charge is 0.507 e. The van der Waals surface area contributed by atoms with Crippen LogP contribution in [0.1, 0.15) is 62.9 Å². The molecule has 28 heavy (non-hydrogen) atoms. The van der Waals surface area contributed by atoms with Gasteiger partial charge in [0.05, 0.1) is 6.61 Å². The molecule has 0 bridgehead atoms. The van der Waals surface area contributed by atoms with Gasteiger partial charge in [0.15, 0.2) is 5.16 Å². The number of nitrogens with zero attached hydrogens (tertiary/aromatic N) is 4. The molecule has 0 atom stereocenters. The Balaban J connectivity index is 1.53. The van der Waals surface area contributed by atoms with Crippen molar-refractivity contribution in [2.24, 2.45) is 4.99 Å². The first-order valence-electron chi connectivity index (χ1n) is 10.2. The molecule has 0 radical (unpaired) electrons. The Bertz CT molecular complexity index is 785. The standard InChI is InChI=1S/C21H30N4O2S/c1-3-13-27-18-11-10-16(19(26)14-18)15-22-12-6-9-20-23-24-21(28-2)25(20)17-7-4-5-8-17/h10-11,14-15,17,26H,3-9,12-13H2,1-2H3. The number of rotatable bonds is 10. The fourth-order valence-electron chi connectivity index (χ4n) is 3.58. The molecule has 1 fully saturated rings. The van der Waals surface area contributed by atoms with E-state index in [1.165, 1.54) is 25.7 Å². The van der Waals surface area contributed by atoms with E-state index in [9.17, 15) is 5.11 Å². The SMILES string of the molecule is CCCOc1ccc(C=NCCCc2nnc(SC)n2C2CCCC2)c(O)c1. The van der Waals surface area contributed by atoms with Crippen molar-refractivity contribution in [3.05, 3.63) is 29.6 Å². The molecule has 0 saturated heterocycles. The van der Waals surface area contributed by atoms with Crippen molar-refractivity contribution in [3.8, 4) is 11.5 Å². The molecule has 152 valence electrons. The van der Waals surface area contributed by atoms with Gasteiger partial charge < -0.3 is 14.4 Å². The Morgan fingerprint density at radius 1 is 1.32 bits per heavy atom. The van der Waals surface area contributed by atoms with Crippen molar-refractivity contribution in [2.45, 2.75) is 63.1 Å². The lowest BCUT2D eigenvalue weighted by Gasteiger charge is -2.15. The minimum Gasteiger partial charge on any atom is -0.507 e. The number of hydrogen-bond donors (Lipinski definition) is 1. The number of aliphatic imine (C=N–C) groups is 1. The number of phenolic OH excluding ortho intramolecular Hbond substituents is 1. The van der Waals surface area contributed by atoms with Crippen LogP contribution in [0.25, 0.3) is 0 Å². The van der Waals surface area contributed by atoms with Crippen molar-refractivity contribution >= 4 is 18.0 Å². The van der Waals surface area contributed by atoms with Crippen molar-refractivity contribution in [3.63, 3.8) is 0 Å². The average Bonchev–Trinajstić information content (AvgIpc) is 3.36. The molecule has 0 amide bonds. The summed E-state index contributed by atoms with van der Waals surface area (Å²) in [6.45, 7) is 3.40. The number of aryl methyl sites for hydroxylation is 1. The van der Waals surface area contributed by atoms with Gasteiger partial charge >= 0.3 is 0 Å². The van der Waals surface area contributed by atoms with Gasteiger partial charge in [0.2, 0.25) is 0 Å². The minimum atomic E-state index is 0.197. The van der Waals surface area contributed by atoms with Crippen molar-refractivity contribution in [2.75, 3.05) is 19.4 Å². The summed E-state index contributed by atoms with van der Waals surface area (Å²) in [7, 11) is 0. The van der Waals surface area contributed by atoms with Gasteiger partial charge in [0.25, 0.3) is 0 Å². The molecule has 0 unspecified atom stereocenters. The Morgan fingerprint density at radius 3 is 2.86 bits per heavy atom. The highest BCUT2D eigenvalue weighted by Gasteiger charge is 2.23. The molecule has 1 aliphatic rings. The number of benzene rings is 1. The van der Waals surface area contributed by atoms with Gasteiger partial charge in [-0.1, -0.05) is 31.5 Å². The lowest BCUT2D eigenvalue weighted by atomic mass is 10.2. The lowest BCUT2D eigenvalue weighted by Crippen LogP contribution is -2.11. The third-order valence-corrected chi connectivity index (χ3v) is 5.64. The van der Waals surface area contributed by atoms with Gasteiger partial charge in [-0.15, -0.1) is 10.2 Å². The summed E-state index contributed by atoms with van der Waals surface area (Å²) in [6.07, 6.45) is 11.6. The second kappa shape index (κ2) is 10.5. The van der Waals surface area contributed by atoms with Gasteiger partial charge in [0.1, 0.15) is 17.3 Å². The smallest absolute Gasteiger partial charge is 0.191 e. The summed E-state index contributed by atoms with van der Waals surface area (Å²) in [5.41, 5.74) is 0.711. The molecule has 6 nitrogen and oxygen atoms in total. The summed E-state index contributed by atoms with van der Waals surface area (Å²) in [6, 6.07) is 5.91. The van der Waals surface area contributed by atoms with E-state index in [-0.39, 0.29) is 5.75 Å². The van der Waals surface area contributed by atoms with Gasteiger partial charge in [-0.05, 0) is 44.1 Å². The first-order chi connectivity index (χ1) is 13.7. The number of aromatic hydroxyl groups is 1. The Labute approximate surface area is 171 Å². The topological polar surface area (TPSA) is 72.5 Å². The van der Waals surface area contributed by atoms with Crippen LogP contribution in [0.5, 0.6) is 11.5 Å². The number of thioether (sulfide) groups is 1. The summed E-state index contributed by atoms with van der Waals surface area (Å²) in [5.74, 6) is 1.96. The summed E-state index contributed by atoms with van der Waals surface area (Å²) in [4.78, 5) is 4.48. The second-order valence-corrected chi connectivity index (χ2v) is 7.89. The Hall–Kier alpha value is -2.02. The van der Waals surface area contributed by atoms with Crippen LogP contribution in [0.15, 0.2) is 28.3 Å². The number of hydrogen-bond acceptors (Lipinski definition) is 6. The molecular weight excluding hydrogens is 372 g/mol. The van der Waals surface area contributed by atoms with Crippen LogP contribution >= 0.6 is 11.8 Å². The van der Waals surface area contributed by atoms with Gasteiger partial charge in [0, 0.05) is 36.9 Å². The van der Waals surface area contributed by atoms with E-state index in [1.807, 2.05) is 12.1 Å². The lowest BCUT2D eigenvalue weighted by molar-refractivity contribution is 0.315. The summed E-state index contributed by atoms with van der Waals surface area (Å²) < 4.78 is 7.88. The first-order valence-corrected chi connectivity index (χ1v) is 11.4. The van der Waals surface area contributed by atoms with E-state index in [0.717, 1.165) is 30.2 Å². The Kier molecular flexibility index (Phi) is 7.77. The molecule has 2 aromatic rings. The molecule has 7 heteroatoms. The Morgan fingerprint density at radius 2 is 2.14 bits per heavy atom. The molecule has 1 saturated carbocycles. The highest BCUT2D eigenvalue weighted by Crippen LogP contribution is 2.33. The number of phenols is 1. The molecule has 0 spiro atoms. The number of ether oxygens (including phenoxy) is 1. The maximum absolute atomic E-state index is 10.1. The van der Waals surface area contributed by atoms with Crippen LogP contribution in [-0.4, -0.2) is 45.5 Å². The van der Waals surface area contributed by atoms with Crippen LogP contribution in [-0.2, 0) is 6.42 Å². The molecule has 1 aromatic heterocycles. The zero-order chi connectivity index (χ0) is 19.8. The van der Waals surface area contributed by atoms with E-state index >= 15 is 0 Å². The molecule has 0 aliphatic heterocycles. The van der Waals surface area contributed by atoms with Gasteiger partial charge in [-0.2, -0.15) is 0 Å². The van der Waals surface area contributed by atoms with Gasteiger partial charge in [-0.3, -0.25) is 4.99 Å². The fraction of sp³-hybridized carbons (Fsp3) is 0.571. The molecule has 3 rings (SSSR count). The van der Waals surface area contributed by atoms with E-state index in [2.05, 4.69) is 32.9 Å². The molecule has 1 aromatic carbocycles. The van der Waals surface area contributed by atoms with Crippen LogP contribution < -0.4 is 4.74 Å². The third kappa shape index (κ3) is 5.28. The third-order valence-electron chi connectivity index (χ3n) is 5.00. The van der Waals surface area contributed by atoms with Crippen LogP contribution in [0.2, 0.25) is 0 Å². The van der Waals surface area contributed by atoms with Crippen LogP contribution in [0, 0.1) is 0 Å². The van der Waals surface area contributed by atoms with Crippen molar-refractivity contribution in [1.82, 2.24) is 14.8 Å². The molecule has 1 aliphatic carbocycles.